The van der Waals surface area contributed by atoms with E-state index >= 15 is 0 Å². The first-order valence-corrected chi connectivity index (χ1v) is 8.24. The molecule has 0 spiro atoms. The SMILES string of the molecule is Fc1ccc(-c2noc(CN3CCO[C@@H]4CCCC[C@@H]43)n2)cc1. The van der Waals surface area contributed by atoms with E-state index in [1.54, 1.807) is 12.1 Å². The van der Waals surface area contributed by atoms with Crippen LogP contribution in [0, 0.1) is 5.82 Å². The summed E-state index contributed by atoms with van der Waals surface area (Å²) in [6, 6.07) is 6.59. The fourth-order valence-corrected chi connectivity index (χ4v) is 3.58. The molecule has 122 valence electrons. The smallest absolute Gasteiger partial charge is 0.241 e. The molecule has 0 radical (unpaired) electrons. The molecule has 6 heteroatoms. The van der Waals surface area contributed by atoms with Gasteiger partial charge in [-0.25, -0.2) is 4.39 Å². The van der Waals surface area contributed by atoms with Crippen molar-refractivity contribution in [2.45, 2.75) is 44.4 Å². The monoisotopic (exact) mass is 317 g/mol. The molecule has 2 aliphatic rings. The fraction of sp³-hybridized carbons (Fsp3) is 0.529. The van der Waals surface area contributed by atoms with Gasteiger partial charge < -0.3 is 9.26 Å². The van der Waals surface area contributed by atoms with E-state index in [9.17, 15) is 4.39 Å². The van der Waals surface area contributed by atoms with E-state index in [2.05, 4.69) is 15.0 Å². The topological polar surface area (TPSA) is 51.4 Å². The largest absolute Gasteiger partial charge is 0.375 e. The Hall–Kier alpha value is -1.79. The van der Waals surface area contributed by atoms with Gasteiger partial charge in [0.05, 0.1) is 19.3 Å². The van der Waals surface area contributed by atoms with Crippen molar-refractivity contribution in [3.05, 3.63) is 36.0 Å². The summed E-state index contributed by atoms with van der Waals surface area (Å²) in [6.07, 6.45) is 5.17. The lowest BCUT2D eigenvalue weighted by atomic mass is 9.90. The maximum Gasteiger partial charge on any atom is 0.241 e. The summed E-state index contributed by atoms with van der Waals surface area (Å²) < 4.78 is 24.3. The van der Waals surface area contributed by atoms with Gasteiger partial charge in [0.15, 0.2) is 0 Å². The number of nitrogens with zero attached hydrogens (tertiary/aromatic N) is 3. The van der Waals surface area contributed by atoms with Crippen LogP contribution in [-0.4, -0.2) is 40.3 Å². The van der Waals surface area contributed by atoms with Crippen molar-refractivity contribution in [1.82, 2.24) is 15.0 Å². The molecule has 1 aromatic carbocycles. The number of ether oxygens (including phenoxy) is 1. The molecule has 0 N–H and O–H groups in total. The number of halogens is 1. The summed E-state index contributed by atoms with van der Waals surface area (Å²) in [5, 5.41) is 4.02. The van der Waals surface area contributed by atoms with Crippen molar-refractivity contribution in [2.24, 2.45) is 0 Å². The van der Waals surface area contributed by atoms with Gasteiger partial charge in [-0.15, -0.1) is 0 Å². The van der Waals surface area contributed by atoms with Gasteiger partial charge in [0, 0.05) is 18.2 Å². The number of rotatable bonds is 3. The summed E-state index contributed by atoms with van der Waals surface area (Å²) >= 11 is 0. The van der Waals surface area contributed by atoms with Crippen molar-refractivity contribution >= 4 is 0 Å². The Morgan fingerprint density at radius 1 is 1.17 bits per heavy atom. The van der Waals surface area contributed by atoms with Crippen LogP contribution in [0.4, 0.5) is 4.39 Å². The highest BCUT2D eigenvalue weighted by Gasteiger charge is 2.34. The van der Waals surface area contributed by atoms with Crippen molar-refractivity contribution in [1.29, 1.82) is 0 Å². The van der Waals surface area contributed by atoms with E-state index in [1.165, 1.54) is 31.4 Å². The quantitative estimate of drug-likeness (QED) is 0.871. The molecule has 5 nitrogen and oxygen atoms in total. The first-order chi connectivity index (χ1) is 11.3. The van der Waals surface area contributed by atoms with Crippen LogP contribution in [0.3, 0.4) is 0 Å². The molecule has 23 heavy (non-hydrogen) atoms. The molecule has 2 atom stereocenters. The Kier molecular flexibility index (Phi) is 4.10. The molecule has 1 aliphatic carbocycles. The lowest BCUT2D eigenvalue weighted by Gasteiger charge is -2.43. The van der Waals surface area contributed by atoms with E-state index < -0.39 is 0 Å². The Bertz CT molecular complexity index is 656. The van der Waals surface area contributed by atoms with Gasteiger partial charge >= 0.3 is 0 Å². The number of aromatic nitrogens is 2. The average molecular weight is 317 g/mol. The van der Waals surface area contributed by atoms with E-state index in [4.69, 9.17) is 9.26 Å². The van der Waals surface area contributed by atoms with Gasteiger partial charge in [-0.2, -0.15) is 4.98 Å². The van der Waals surface area contributed by atoms with Gasteiger partial charge in [-0.1, -0.05) is 18.0 Å². The molecule has 0 bridgehead atoms. The summed E-state index contributed by atoms with van der Waals surface area (Å²) in [5.41, 5.74) is 0.763. The summed E-state index contributed by atoms with van der Waals surface area (Å²) in [7, 11) is 0. The first-order valence-electron chi connectivity index (χ1n) is 8.24. The number of fused-ring (bicyclic) bond motifs is 1. The van der Waals surface area contributed by atoms with Crippen LogP contribution < -0.4 is 0 Å². The second-order valence-electron chi connectivity index (χ2n) is 6.25. The lowest BCUT2D eigenvalue weighted by molar-refractivity contribution is -0.0933. The predicted octanol–water partition coefficient (Wildman–Crippen LogP) is 3.02. The molecule has 4 rings (SSSR count). The molecule has 1 saturated carbocycles. The summed E-state index contributed by atoms with van der Waals surface area (Å²) in [6.45, 7) is 2.31. The van der Waals surface area contributed by atoms with E-state index in [-0.39, 0.29) is 5.82 Å². The van der Waals surface area contributed by atoms with Gasteiger partial charge in [0.1, 0.15) is 5.82 Å². The molecular formula is C17H20FN3O2. The lowest BCUT2D eigenvalue weighted by Crippen LogP contribution is -2.52. The minimum absolute atomic E-state index is 0.269. The van der Waals surface area contributed by atoms with Crippen LogP contribution in [0.2, 0.25) is 0 Å². The maximum absolute atomic E-state index is 13.0. The average Bonchev–Trinajstić information content (AvgIpc) is 3.04. The van der Waals surface area contributed by atoms with E-state index in [0.29, 0.717) is 30.4 Å². The number of benzene rings is 1. The third-order valence-corrected chi connectivity index (χ3v) is 4.76. The minimum Gasteiger partial charge on any atom is -0.375 e. The van der Waals surface area contributed by atoms with E-state index in [1.807, 2.05) is 0 Å². The molecule has 0 amide bonds. The Morgan fingerprint density at radius 2 is 2.00 bits per heavy atom. The third kappa shape index (κ3) is 3.14. The van der Waals surface area contributed by atoms with Gasteiger partial charge in [0.2, 0.25) is 11.7 Å². The molecule has 2 aromatic rings. The van der Waals surface area contributed by atoms with Crippen LogP contribution in [-0.2, 0) is 11.3 Å². The van der Waals surface area contributed by atoms with Crippen LogP contribution in [0.25, 0.3) is 11.4 Å². The summed E-state index contributed by atoms with van der Waals surface area (Å²) in [4.78, 5) is 6.86. The van der Waals surface area contributed by atoms with Gasteiger partial charge in [-0.3, -0.25) is 4.90 Å². The molecular weight excluding hydrogens is 297 g/mol. The number of hydrogen-bond donors (Lipinski definition) is 0. The summed E-state index contributed by atoms with van der Waals surface area (Å²) in [5.74, 6) is 0.845. The van der Waals surface area contributed by atoms with Crippen LogP contribution >= 0.6 is 0 Å². The van der Waals surface area contributed by atoms with E-state index in [0.717, 1.165) is 25.1 Å². The second-order valence-corrected chi connectivity index (χ2v) is 6.25. The molecule has 2 fully saturated rings. The van der Waals surface area contributed by atoms with Crippen molar-refractivity contribution in [3.8, 4) is 11.4 Å². The highest BCUT2D eigenvalue weighted by Crippen LogP contribution is 2.29. The Labute approximate surface area is 134 Å². The maximum atomic E-state index is 13.0. The first kappa shape index (κ1) is 14.8. The Balaban J connectivity index is 1.47. The standard InChI is InChI=1S/C17H20FN3O2/c18-13-7-5-12(6-8-13)17-19-16(23-20-17)11-21-9-10-22-15-4-2-1-3-14(15)21/h5-8,14-15H,1-4,9-11H2/t14-,15+/m0/s1. The van der Waals surface area contributed by atoms with Crippen molar-refractivity contribution in [2.75, 3.05) is 13.2 Å². The van der Waals surface area contributed by atoms with Gasteiger partial charge in [-0.05, 0) is 37.1 Å². The molecule has 1 aliphatic heterocycles. The highest BCUT2D eigenvalue weighted by molar-refractivity contribution is 5.53. The molecule has 1 aromatic heterocycles. The number of hydrogen-bond acceptors (Lipinski definition) is 5. The second kappa shape index (κ2) is 6.37. The zero-order chi connectivity index (χ0) is 15.6. The van der Waals surface area contributed by atoms with Crippen LogP contribution in [0.15, 0.2) is 28.8 Å². The van der Waals surface area contributed by atoms with Crippen LogP contribution in [0.5, 0.6) is 0 Å². The molecule has 2 heterocycles. The molecule has 0 unspecified atom stereocenters. The highest BCUT2D eigenvalue weighted by atomic mass is 19.1. The number of morpholine rings is 1. The normalized spacial score (nSPS) is 25.3. The zero-order valence-corrected chi connectivity index (χ0v) is 12.9. The van der Waals surface area contributed by atoms with Crippen LogP contribution in [0.1, 0.15) is 31.6 Å². The Morgan fingerprint density at radius 3 is 2.87 bits per heavy atom. The van der Waals surface area contributed by atoms with Gasteiger partial charge in [0.25, 0.3) is 0 Å². The third-order valence-electron chi connectivity index (χ3n) is 4.76. The van der Waals surface area contributed by atoms with Crippen molar-refractivity contribution in [3.63, 3.8) is 0 Å². The fourth-order valence-electron chi connectivity index (χ4n) is 3.58. The zero-order valence-electron chi connectivity index (χ0n) is 12.9. The molecule has 1 saturated heterocycles. The van der Waals surface area contributed by atoms with Crippen molar-refractivity contribution < 1.29 is 13.7 Å². The minimum atomic E-state index is -0.269. The predicted molar refractivity (Wildman–Crippen MR) is 82.1 cm³/mol.